The molecule has 4 heteroatoms. The number of hydrogen-bond donors (Lipinski definition) is 1. The molecule has 1 atom stereocenters. The monoisotopic (exact) mass is 193 g/mol. The topological polar surface area (TPSA) is 12.0 Å². The van der Waals surface area contributed by atoms with Crippen molar-refractivity contribution in [3.63, 3.8) is 0 Å². The molecule has 0 amide bonds. The first-order valence-corrected chi connectivity index (χ1v) is 5.02. The van der Waals surface area contributed by atoms with Crippen LogP contribution in [-0.4, -0.2) is 28.7 Å². The van der Waals surface area contributed by atoms with Gasteiger partial charge in [-0.15, -0.1) is 0 Å². The molecule has 0 saturated carbocycles. The van der Waals surface area contributed by atoms with E-state index in [-0.39, 0.29) is 11.4 Å². The number of nitrogens with one attached hydrogen (secondary N) is 1. The van der Waals surface area contributed by atoms with E-state index in [1.54, 1.807) is 11.8 Å². The number of hydrogen-bond acceptors (Lipinski definition) is 2. The molecule has 0 aromatic carbocycles. The van der Waals surface area contributed by atoms with Crippen LogP contribution in [0.25, 0.3) is 0 Å². The van der Waals surface area contributed by atoms with Crippen LogP contribution < -0.4 is 5.32 Å². The Balaban J connectivity index is 2.58. The van der Waals surface area contributed by atoms with E-state index >= 15 is 0 Å². The average Bonchev–Trinajstić information content (AvgIpc) is 2.13. The molecule has 1 nitrogen and oxygen atoms in total. The molecule has 1 fully saturated rings. The SMILES string of the molecule is CC1(CF)CC(=S)NCCS1. The summed E-state index contributed by atoms with van der Waals surface area (Å²) in [5.41, 5.74) is 0. The van der Waals surface area contributed by atoms with Gasteiger partial charge in [-0.2, -0.15) is 11.8 Å². The summed E-state index contributed by atoms with van der Waals surface area (Å²) in [6.45, 7) is 2.51. The van der Waals surface area contributed by atoms with Crippen LogP contribution in [0.5, 0.6) is 0 Å². The first-order valence-electron chi connectivity index (χ1n) is 3.63. The molecule has 64 valence electrons. The number of thioether (sulfide) groups is 1. The van der Waals surface area contributed by atoms with Gasteiger partial charge in [-0.05, 0) is 6.92 Å². The van der Waals surface area contributed by atoms with Gasteiger partial charge in [0.25, 0.3) is 0 Å². The number of alkyl halides is 1. The van der Waals surface area contributed by atoms with Crippen molar-refractivity contribution in [2.75, 3.05) is 19.0 Å². The van der Waals surface area contributed by atoms with E-state index in [1.165, 1.54) is 0 Å². The molecule has 1 aliphatic rings. The molecule has 0 bridgehead atoms. The lowest BCUT2D eigenvalue weighted by Crippen LogP contribution is -2.28. The van der Waals surface area contributed by atoms with Gasteiger partial charge in [0, 0.05) is 23.5 Å². The molecular weight excluding hydrogens is 181 g/mol. The summed E-state index contributed by atoms with van der Waals surface area (Å²) in [5.74, 6) is 0.945. The predicted octanol–water partition coefficient (Wildman–Crippen LogP) is 1.77. The molecule has 1 aliphatic heterocycles. The van der Waals surface area contributed by atoms with Gasteiger partial charge in [-0.25, -0.2) is 4.39 Å². The van der Waals surface area contributed by atoms with Gasteiger partial charge in [0.05, 0.1) is 4.99 Å². The van der Waals surface area contributed by atoms with Crippen molar-refractivity contribution in [1.82, 2.24) is 5.32 Å². The standard InChI is InChI=1S/C7H12FNS2/c1-7(5-8)4-6(10)9-2-3-11-7/h2-5H2,1H3,(H,9,10). The fourth-order valence-corrected chi connectivity index (χ4v) is 2.56. The summed E-state index contributed by atoms with van der Waals surface area (Å²) in [6.07, 6.45) is 0.670. The van der Waals surface area contributed by atoms with Gasteiger partial charge in [-0.1, -0.05) is 12.2 Å². The molecule has 1 N–H and O–H groups in total. The second-order valence-electron chi connectivity index (χ2n) is 2.96. The van der Waals surface area contributed by atoms with Crippen LogP contribution in [0.1, 0.15) is 13.3 Å². The maximum Gasteiger partial charge on any atom is 0.104 e. The highest BCUT2D eigenvalue weighted by molar-refractivity contribution is 8.00. The smallest absolute Gasteiger partial charge is 0.104 e. The molecule has 1 saturated heterocycles. The Bertz CT molecular complexity index is 163. The minimum Gasteiger partial charge on any atom is -0.379 e. The second-order valence-corrected chi connectivity index (χ2v) is 5.13. The van der Waals surface area contributed by atoms with Crippen LogP contribution in [0.2, 0.25) is 0 Å². The summed E-state index contributed by atoms with van der Waals surface area (Å²) in [5, 5.41) is 3.08. The molecule has 0 aromatic heterocycles. The van der Waals surface area contributed by atoms with E-state index in [4.69, 9.17) is 12.2 Å². The molecule has 1 rings (SSSR count). The highest BCUT2D eigenvalue weighted by Gasteiger charge is 2.28. The van der Waals surface area contributed by atoms with Crippen molar-refractivity contribution in [2.45, 2.75) is 18.1 Å². The third-order valence-corrected chi connectivity index (χ3v) is 3.34. The Morgan fingerprint density at radius 3 is 3.18 bits per heavy atom. The third kappa shape index (κ3) is 2.60. The predicted molar refractivity (Wildman–Crippen MR) is 52.1 cm³/mol. The molecule has 11 heavy (non-hydrogen) atoms. The lowest BCUT2D eigenvalue weighted by Gasteiger charge is -2.22. The van der Waals surface area contributed by atoms with Crippen LogP contribution in [0.4, 0.5) is 4.39 Å². The molecule has 0 aliphatic carbocycles. The summed E-state index contributed by atoms with van der Waals surface area (Å²) < 4.78 is 12.2. The van der Waals surface area contributed by atoms with E-state index in [2.05, 4.69) is 5.32 Å². The lowest BCUT2D eigenvalue weighted by atomic mass is 10.1. The number of halogens is 1. The minimum atomic E-state index is -0.292. The van der Waals surface area contributed by atoms with Crippen molar-refractivity contribution in [3.05, 3.63) is 0 Å². The van der Waals surface area contributed by atoms with Crippen molar-refractivity contribution in [3.8, 4) is 0 Å². The second kappa shape index (κ2) is 3.72. The van der Waals surface area contributed by atoms with Crippen LogP contribution in [0.3, 0.4) is 0 Å². The summed E-state index contributed by atoms with van der Waals surface area (Å²) in [7, 11) is 0. The number of rotatable bonds is 1. The van der Waals surface area contributed by atoms with Gasteiger partial charge in [0.1, 0.15) is 6.67 Å². The highest BCUT2D eigenvalue weighted by atomic mass is 32.2. The Labute approximate surface area is 76.1 Å². The zero-order valence-electron chi connectivity index (χ0n) is 6.52. The minimum absolute atomic E-state index is 0.277. The van der Waals surface area contributed by atoms with Crippen LogP contribution >= 0.6 is 24.0 Å². The quantitative estimate of drug-likeness (QED) is 0.637. The van der Waals surface area contributed by atoms with Crippen LogP contribution in [-0.2, 0) is 0 Å². The van der Waals surface area contributed by atoms with E-state index in [0.717, 1.165) is 17.3 Å². The summed E-state index contributed by atoms with van der Waals surface area (Å²) in [6, 6.07) is 0. The zero-order chi connectivity index (χ0) is 8.32. The molecular formula is C7H12FNS2. The molecule has 0 radical (unpaired) electrons. The average molecular weight is 193 g/mol. The van der Waals surface area contributed by atoms with Gasteiger partial charge in [0.2, 0.25) is 0 Å². The Kier molecular flexibility index (Phi) is 3.13. The fourth-order valence-electron chi connectivity index (χ4n) is 1.03. The van der Waals surface area contributed by atoms with Gasteiger partial charge < -0.3 is 5.32 Å². The zero-order valence-corrected chi connectivity index (χ0v) is 8.16. The maximum absolute atomic E-state index is 12.5. The van der Waals surface area contributed by atoms with Gasteiger partial charge in [-0.3, -0.25) is 0 Å². The summed E-state index contributed by atoms with van der Waals surface area (Å²) in [4.78, 5) is 0.801. The Hall–Kier alpha value is 0.170. The third-order valence-electron chi connectivity index (χ3n) is 1.69. The molecule has 1 heterocycles. The van der Waals surface area contributed by atoms with Gasteiger partial charge >= 0.3 is 0 Å². The van der Waals surface area contributed by atoms with E-state index in [9.17, 15) is 4.39 Å². The molecule has 0 spiro atoms. The van der Waals surface area contributed by atoms with E-state index in [0.29, 0.717) is 6.42 Å². The largest absolute Gasteiger partial charge is 0.379 e. The van der Waals surface area contributed by atoms with Crippen molar-refractivity contribution in [2.24, 2.45) is 0 Å². The molecule has 1 unspecified atom stereocenters. The first kappa shape index (κ1) is 9.26. The lowest BCUT2D eigenvalue weighted by molar-refractivity contribution is 0.420. The number of thiocarbonyl (C=S) groups is 1. The Morgan fingerprint density at radius 2 is 2.55 bits per heavy atom. The van der Waals surface area contributed by atoms with Crippen LogP contribution in [0, 0.1) is 0 Å². The highest BCUT2D eigenvalue weighted by Crippen LogP contribution is 2.30. The van der Waals surface area contributed by atoms with E-state index < -0.39 is 0 Å². The normalized spacial score (nSPS) is 32.7. The molecule has 0 aromatic rings. The first-order chi connectivity index (χ1) is 5.16. The maximum atomic E-state index is 12.5. The summed E-state index contributed by atoms with van der Waals surface area (Å²) >= 11 is 6.68. The van der Waals surface area contributed by atoms with Crippen LogP contribution in [0.15, 0.2) is 0 Å². The van der Waals surface area contributed by atoms with Crippen molar-refractivity contribution < 1.29 is 4.39 Å². The fraction of sp³-hybridized carbons (Fsp3) is 0.857. The van der Waals surface area contributed by atoms with Crippen molar-refractivity contribution >= 4 is 29.0 Å². The van der Waals surface area contributed by atoms with Gasteiger partial charge in [0.15, 0.2) is 0 Å². The van der Waals surface area contributed by atoms with Crippen molar-refractivity contribution in [1.29, 1.82) is 0 Å². The Morgan fingerprint density at radius 1 is 1.82 bits per heavy atom. The van der Waals surface area contributed by atoms with E-state index in [1.807, 2.05) is 6.92 Å².